The topological polar surface area (TPSA) is 81.4 Å². The van der Waals surface area contributed by atoms with Crippen molar-refractivity contribution in [1.82, 2.24) is 4.98 Å². The Morgan fingerprint density at radius 1 is 1.36 bits per heavy atom. The minimum Gasteiger partial charge on any atom is -0.462 e. The SMILES string of the molecule is CCOC(=O)c1sc(NC(=O)c2oc3ccc(Br)cc3c2C)nc1C. The van der Waals surface area contributed by atoms with Crippen LogP contribution in [0.1, 0.15) is 38.4 Å². The van der Waals surface area contributed by atoms with Crippen molar-refractivity contribution >= 4 is 55.2 Å². The van der Waals surface area contributed by atoms with Crippen LogP contribution in [0.25, 0.3) is 11.0 Å². The maximum Gasteiger partial charge on any atom is 0.350 e. The van der Waals surface area contributed by atoms with E-state index in [1.165, 1.54) is 0 Å². The van der Waals surface area contributed by atoms with Gasteiger partial charge in [-0.05, 0) is 39.0 Å². The summed E-state index contributed by atoms with van der Waals surface area (Å²) in [4.78, 5) is 29.0. The maximum atomic E-state index is 12.5. The van der Waals surface area contributed by atoms with E-state index in [1.54, 1.807) is 19.9 Å². The Kier molecular flexibility index (Phi) is 4.91. The molecule has 0 fully saturated rings. The number of thiazole rings is 1. The van der Waals surface area contributed by atoms with Crippen LogP contribution in [0.3, 0.4) is 0 Å². The number of hydrogen-bond donors (Lipinski definition) is 1. The summed E-state index contributed by atoms with van der Waals surface area (Å²) in [6.07, 6.45) is 0. The Morgan fingerprint density at radius 3 is 2.84 bits per heavy atom. The van der Waals surface area contributed by atoms with Crippen LogP contribution in [0.2, 0.25) is 0 Å². The Morgan fingerprint density at radius 2 is 2.12 bits per heavy atom. The lowest BCUT2D eigenvalue weighted by Gasteiger charge is -1.99. The lowest BCUT2D eigenvalue weighted by molar-refractivity contribution is 0.0531. The summed E-state index contributed by atoms with van der Waals surface area (Å²) in [7, 11) is 0. The smallest absolute Gasteiger partial charge is 0.350 e. The number of nitrogens with zero attached hydrogens (tertiary/aromatic N) is 1. The quantitative estimate of drug-likeness (QED) is 0.616. The Labute approximate surface area is 156 Å². The zero-order valence-corrected chi connectivity index (χ0v) is 16.2. The molecule has 0 unspecified atom stereocenters. The molecule has 6 nitrogen and oxygen atoms in total. The van der Waals surface area contributed by atoms with Crippen LogP contribution >= 0.6 is 27.3 Å². The van der Waals surface area contributed by atoms with Crippen molar-refractivity contribution in [2.24, 2.45) is 0 Å². The number of hydrogen-bond acceptors (Lipinski definition) is 6. The Bertz CT molecular complexity index is 977. The highest BCUT2D eigenvalue weighted by Crippen LogP contribution is 2.29. The van der Waals surface area contributed by atoms with Crippen molar-refractivity contribution in [2.45, 2.75) is 20.8 Å². The summed E-state index contributed by atoms with van der Waals surface area (Å²) in [5, 5.41) is 3.88. The second kappa shape index (κ2) is 6.97. The molecule has 1 amide bonds. The fourth-order valence-electron chi connectivity index (χ4n) is 2.40. The van der Waals surface area contributed by atoms with Crippen LogP contribution in [0.4, 0.5) is 5.13 Å². The van der Waals surface area contributed by atoms with Crippen LogP contribution in [-0.2, 0) is 4.74 Å². The van der Waals surface area contributed by atoms with Gasteiger partial charge in [-0.25, -0.2) is 9.78 Å². The minimum atomic E-state index is -0.442. The molecule has 2 aromatic heterocycles. The molecule has 0 atom stereocenters. The summed E-state index contributed by atoms with van der Waals surface area (Å²) >= 11 is 4.49. The predicted molar refractivity (Wildman–Crippen MR) is 99.4 cm³/mol. The zero-order chi connectivity index (χ0) is 18.1. The van der Waals surface area contributed by atoms with Crippen molar-refractivity contribution in [3.8, 4) is 0 Å². The van der Waals surface area contributed by atoms with Crippen LogP contribution in [0.5, 0.6) is 0 Å². The molecule has 0 bridgehead atoms. The first kappa shape index (κ1) is 17.6. The van der Waals surface area contributed by atoms with E-state index in [2.05, 4.69) is 26.2 Å². The van der Waals surface area contributed by atoms with Gasteiger partial charge in [0.2, 0.25) is 0 Å². The van der Waals surface area contributed by atoms with Crippen molar-refractivity contribution in [3.63, 3.8) is 0 Å². The first-order chi connectivity index (χ1) is 11.9. The number of esters is 1. The highest BCUT2D eigenvalue weighted by atomic mass is 79.9. The number of anilines is 1. The van der Waals surface area contributed by atoms with Gasteiger partial charge in [0.25, 0.3) is 5.91 Å². The van der Waals surface area contributed by atoms with Crippen molar-refractivity contribution in [3.05, 3.63) is 44.6 Å². The molecule has 0 aliphatic carbocycles. The van der Waals surface area contributed by atoms with Gasteiger partial charge in [0.05, 0.1) is 12.3 Å². The lowest BCUT2D eigenvalue weighted by Crippen LogP contribution is -2.11. The van der Waals surface area contributed by atoms with Crippen molar-refractivity contribution in [2.75, 3.05) is 11.9 Å². The highest BCUT2D eigenvalue weighted by molar-refractivity contribution is 9.10. The number of rotatable bonds is 4. The molecule has 3 rings (SSSR count). The monoisotopic (exact) mass is 422 g/mol. The van der Waals surface area contributed by atoms with Gasteiger partial charge in [-0.3, -0.25) is 10.1 Å². The fraction of sp³-hybridized carbons (Fsp3) is 0.235. The maximum absolute atomic E-state index is 12.5. The summed E-state index contributed by atoms with van der Waals surface area (Å²) < 4.78 is 11.5. The molecule has 130 valence electrons. The molecule has 3 aromatic rings. The van der Waals surface area contributed by atoms with E-state index >= 15 is 0 Å². The summed E-state index contributed by atoms with van der Waals surface area (Å²) in [6, 6.07) is 5.55. The number of benzene rings is 1. The third kappa shape index (κ3) is 3.45. The predicted octanol–water partition coefficient (Wildman–Crippen LogP) is 4.70. The lowest BCUT2D eigenvalue weighted by atomic mass is 10.1. The van der Waals surface area contributed by atoms with Crippen molar-refractivity contribution < 1.29 is 18.7 Å². The number of furan rings is 1. The first-order valence-electron chi connectivity index (χ1n) is 7.55. The van der Waals surface area contributed by atoms with Gasteiger partial charge in [-0.15, -0.1) is 0 Å². The van der Waals surface area contributed by atoms with Gasteiger partial charge in [0.1, 0.15) is 10.5 Å². The molecule has 2 heterocycles. The number of aromatic nitrogens is 1. The number of aryl methyl sites for hydroxylation is 2. The third-order valence-electron chi connectivity index (χ3n) is 3.58. The molecule has 0 saturated heterocycles. The van der Waals surface area contributed by atoms with E-state index in [9.17, 15) is 9.59 Å². The molecular weight excluding hydrogens is 408 g/mol. The molecule has 0 radical (unpaired) electrons. The number of halogens is 1. The van der Waals surface area contributed by atoms with Crippen LogP contribution in [-0.4, -0.2) is 23.5 Å². The number of amides is 1. The summed E-state index contributed by atoms with van der Waals surface area (Å²) in [6.45, 7) is 5.54. The molecule has 1 N–H and O–H groups in total. The molecule has 0 spiro atoms. The number of carbonyl (C=O) groups is 2. The summed E-state index contributed by atoms with van der Waals surface area (Å²) in [5.74, 6) is -0.629. The number of nitrogens with one attached hydrogen (secondary N) is 1. The Balaban J connectivity index is 1.87. The van der Waals surface area contributed by atoms with Gasteiger partial charge < -0.3 is 9.15 Å². The largest absolute Gasteiger partial charge is 0.462 e. The molecule has 0 aliphatic rings. The van der Waals surface area contributed by atoms with E-state index < -0.39 is 11.9 Å². The van der Waals surface area contributed by atoms with Gasteiger partial charge in [-0.1, -0.05) is 27.3 Å². The second-order valence-electron chi connectivity index (χ2n) is 5.30. The third-order valence-corrected chi connectivity index (χ3v) is 5.13. The first-order valence-corrected chi connectivity index (χ1v) is 9.16. The molecular formula is C17H15BrN2O4S. The average Bonchev–Trinajstić information content (AvgIpc) is 3.08. The normalized spacial score (nSPS) is 10.9. The average molecular weight is 423 g/mol. The fourth-order valence-corrected chi connectivity index (χ4v) is 3.62. The van der Waals surface area contributed by atoms with E-state index in [-0.39, 0.29) is 12.4 Å². The number of ether oxygens (including phenoxy) is 1. The van der Waals surface area contributed by atoms with Gasteiger partial charge in [0.15, 0.2) is 10.9 Å². The molecule has 0 saturated carbocycles. The van der Waals surface area contributed by atoms with E-state index in [0.29, 0.717) is 21.3 Å². The molecule has 8 heteroatoms. The minimum absolute atomic E-state index is 0.221. The van der Waals surface area contributed by atoms with Gasteiger partial charge in [-0.2, -0.15) is 0 Å². The number of carbonyl (C=O) groups excluding carboxylic acids is 2. The van der Waals surface area contributed by atoms with E-state index in [4.69, 9.17) is 9.15 Å². The number of fused-ring (bicyclic) bond motifs is 1. The molecule has 1 aromatic carbocycles. The van der Waals surface area contributed by atoms with Crippen molar-refractivity contribution in [1.29, 1.82) is 0 Å². The molecule has 0 aliphatic heterocycles. The van der Waals surface area contributed by atoms with E-state index in [1.807, 2.05) is 19.1 Å². The second-order valence-corrected chi connectivity index (χ2v) is 7.22. The molecule has 25 heavy (non-hydrogen) atoms. The van der Waals surface area contributed by atoms with Crippen LogP contribution in [0, 0.1) is 13.8 Å². The standard InChI is InChI=1S/C17H15BrN2O4S/c1-4-23-16(22)14-9(3)19-17(25-14)20-15(21)13-8(2)11-7-10(18)5-6-12(11)24-13/h5-7H,4H2,1-3H3,(H,19,20,21). The Hall–Kier alpha value is -2.19. The zero-order valence-electron chi connectivity index (χ0n) is 13.8. The van der Waals surface area contributed by atoms with E-state index in [0.717, 1.165) is 26.8 Å². The van der Waals surface area contributed by atoms with Crippen LogP contribution in [0.15, 0.2) is 27.1 Å². The highest BCUT2D eigenvalue weighted by Gasteiger charge is 2.21. The summed E-state index contributed by atoms with van der Waals surface area (Å²) in [5.41, 5.74) is 1.89. The van der Waals surface area contributed by atoms with Gasteiger partial charge in [0, 0.05) is 15.4 Å². The van der Waals surface area contributed by atoms with Gasteiger partial charge >= 0.3 is 5.97 Å². The van der Waals surface area contributed by atoms with Crippen LogP contribution < -0.4 is 5.32 Å².